The predicted molar refractivity (Wildman–Crippen MR) is 64.5 cm³/mol. The number of nitrogens with zero attached hydrogens (tertiary/aromatic N) is 3. The Hall–Kier alpha value is -1.65. The van der Waals surface area contributed by atoms with E-state index in [0.717, 1.165) is 25.9 Å². The molecular weight excluding hydrogens is 218 g/mol. The number of rotatable bonds is 3. The van der Waals surface area contributed by atoms with Gasteiger partial charge in [-0.15, -0.1) is 0 Å². The first kappa shape index (κ1) is 11.8. The van der Waals surface area contributed by atoms with E-state index >= 15 is 0 Å². The van der Waals surface area contributed by atoms with Crippen LogP contribution in [0.3, 0.4) is 0 Å². The zero-order valence-corrected chi connectivity index (χ0v) is 10.2. The lowest BCUT2D eigenvalue weighted by atomic mass is 10.2. The monoisotopic (exact) mass is 235 g/mol. The summed E-state index contributed by atoms with van der Waals surface area (Å²) in [7, 11) is 0. The second-order valence-electron chi connectivity index (χ2n) is 4.62. The molecule has 0 aromatic carbocycles. The third-order valence-electron chi connectivity index (χ3n) is 2.94. The molecule has 2 rings (SSSR count). The molecule has 0 amide bonds. The molecule has 0 saturated carbocycles. The summed E-state index contributed by atoms with van der Waals surface area (Å²) in [4.78, 5) is 21.7. The van der Waals surface area contributed by atoms with Gasteiger partial charge in [0.25, 0.3) is 0 Å². The van der Waals surface area contributed by atoms with Gasteiger partial charge in [-0.05, 0) is 12.8 Å². The van der Waals surface area contributed by atoms with Crippen molar-refractivity contribution in [2.75, 3.05) is 18.0 Å². The van der Waals surface area contributed by atoms with Crippen LogP contribution in [0.2, 0.25) is 0 Å². The number of aromatic nitrogens is 2. The third-order valence-corrected chi connectivity index (χ3v) is 2.94. The van der Waals surface area contributed by atoms with Crippen molar-refractivity contribution in [3.63, 3.8) is 0 Å². The molecule has 1 aliphatic heterocycles. The molecule has 17 heavy (non-hydrogen) atoms. The van der Waals surface area contributed by atoms with Crippen LogP contribution in [0.5, 0.6) is 0 Å². The molecule has 0 spiro atoms. The third kappa shape index (κ3) is 2.38. The van der Waals surface area contributed by atoms with Crippen molar-refractivity contribution in [3.8, 4) is 0 Å². The van der Waals surface area contributed by atoms with Crippen molar-refractivity contribution in [2.45, 2.75) is 32.6 Å². The van der Waals surface area contributed by atoms with E-state index in [1.165, 1.54) is 6.20 Å². The molecule has 1 N–H and O–H groups in total. The molecule has 2 heterocycles. The van der Waals surface area contributed by atoms with Gasteiger partial charge >= 0.3 is 5.97 Å². The maximum absolute atomic E-state index is 11.2. The van der Waals surface area contributed by atoms with Crippen molar-refractivity contribution >= 4 is 11.8 Å². The van der Waals surface area contributed by atoms with Gasteiger partial charge in [-0.1, -0.05) is 13.8 Å². The average molecular weight is 235 g/mol. The van der Waals surface area contributed by atoms with Crippen LogP contribution in [-0.4, -0.2) is 34.1 Å². The summed E-state index contributed by atoms with van der Waals surface area (Å²) in [6, 6.07) is 0. The van der Waals surface area contributed by atoms with Gasteiger partial charge in [0.05, 0.1) is 0 Å². The Labute approximate surface area is 100 Å². The smallest absolute Gasteiger partial charge is 0.341 e. The van der Waals surface area contributed by atoms with E-state index in [9.17, 15) is 4.79 Å². The van der Waals surface area contributed by atoms with Gasteiger partial charge in [0, 0.05) is 25.2 Å². The quantitative estimate of drug-likeness (QED) is 0.866. The molecule has 5 heteroatoms. The lowest BCUT2D eigenvalue weighted by Crippen LogP contribution is -2.23. The minimum Gasteiger partial charge on any atom is -0.477 e. The fourth-order valence-electron chi connectivity index (χ4n) is 1.99. The first-order valence-electron chi connectivity index (χ1n) is 5.94. The van der Waals surface area contributed by atoms with E-state index in [4.69, 9.17) is 5.11 Å². The molecule has 0 atom stereocenters. The highest BCUT2D eigenvalue weighted by atomic mass is 16.4. The van der Waals surface area contributed by atoms with Gasteiger partial charge in [-0.2, -0.15) is 0 Å². The summed E-state index contributed by atoms with van der Waals surface area (Å²) in [5, 5.41) is 9.15. The van der Waals surface area contributed by atoms with Crippen LogP contribution in [-0.2, 0) is 0 Å². The largest absolute Gasteiger partial charge is 0.477 e. The topological polar surface area (TPSA) is 66.3 Å². The summed E-state index contributed by atoms with van der Waals surface area (Å²) in [6.07, 6.45) is 3.62. The molecule has 0 radical (unpaired) electrons. The van der Waals surface area contributed by atoms with Crippen LogP contribution in [0.25, 0.3) is 0 Å². The maximum Gasteiger partial charge on any atom is 0.341 e. The minimum atomic E-state index is -0.956. The number of anilines is 1. The van der Waals surface area contributed by atoms with Gasteiger partial charge in [0.1, 0.15) is 17.2 Å². The van der Waals surface area contributed by atoms with Gasteiger partial charge < -0.3 is 10.0 Å². The standard InChI is InChI=1S/C12H17N3O2/c1-8(2)10-13-7-9(12(16)17)11(14-10)15-5-3-4-6-15/h7-8H,3-6H2,1-2H3,(H,16,17). The number of carbonyl (C=O) groups is 1. The van der Waals surface area contributed by atoms with Crippen molar-refractivity contribution in [1.29, 1.82) is 0 Å². The summed E-state index contributed by atoms with van der Waals surface area (Å²) < 4.78 is 0. The van der Waals surface area contributed by atoms with Gasteiger partial charge in [0.15, 0.2) is 0 Å². The maximum atomic E-state index is 11.2. The second kappa shape index (κ2) is 4.69. The number of hydrogen-bond acceptors (Lipinski definition) is 4. The zero-order valence-electron chi connectivity index (χ0n) is 10.2. The van der Waals surface area contributed by atoms with E-state index in [2.05, 4.69) is 9.97 Å². The van der Waals surface area contributed by atoms with E-state index in [1.807, 2.05) is 18.7 Å². The Morgan fingerprint density at radius 1 is 1.41 bits per heavy atom. The number of hydrogen-bond donors (Lipinski definition) is 1. The minimum absolute atomic E-state index is 0.205. The molecular formula is C12H17N3O2. The Bertz CT molecular complexity index is 426. The van der Waals surface area contributed by atoms with Crippen molar-refractivity contribution in [3.05, 3.63) is 17.6 Å². The second-order valence-corrected chi connectivity index (χ2v) is 4.62. The predicted octanol–water partition coefficient (Wildman–Crippen LogP) is 1.90. The Morgan fingerprint density at radius 3 is 2.59 bits per heavy atom. The lowest BCUT2D eigenvalue weighted by Gasteiger charge is -2.19. The van der Waals surface area contributed by atoms with E-state index in [-0.39, 0.29) is 11.5 Å². The molecule has 0 bridgehead atoms. The molecule has 1 aromatic rings. The highest BCUT2D eigenvalue weighted by Crippen LogP contribution is 2.23. The Balaban J connectivity index is 2.43. The van der Waals surface area contributed by atoms with Crippen LogP contribution in [0.4, 0.5) is 5.82 Å². The SMILES string of the molecule is CC(C)c1ncc(C(=O)O)c(N2CCCC2)n1. The van der Waals surface area contributed by atoms with Crippen LogP contribution in [0.1, 0.15) is 48.8 Å². The summed E-state index contributed by atoms with van der Waals surface area (Å²) in [6.45, 7) is 5.77. The van der Waals surface area contributed by atoms with Crippen molar-refractivity contribution in [2.24, 2.45) is 0 Å². The van der Waals surface area contributed by atoms with E-state index in [1.54, 1.807) is 0 Å². The van der Waals surface area contributed by atoms with E-state index < -0.39 is 5.97 Å². The molecule has 1 aliphatic rings. The highest BCUT2D eigenvalue weighted by Gasteiger charge is 2.22. The molecule has 0 unspecified atom stereocenters. The van der Waals surface area contributed by atoms with E-state index in [0.29, 0.717) is 11.6 Å². The Morgan fingerprint density at radius 2 is 2.06 bits per heavy atom. The summed E-state index contributed by atoms with van der Waals surface area (Å²) >= 11 is 0. The van der Waals surface area contributed by atoms with Crippen molar-refractivity contribution in [1.82, 2.24) is 9.97 Å². The van der Waals surface area contributed by atoms with Gasteiger partial charge in [-0.25, -0.2) is 14.8 Å². The van der Waals surface area contributed by atoms with Gasteiger partial charge in [-0.3, -0.25) is 0 Å². The van der Waals surface area contributed by atoms with Crippen LogP contribution in [0.15, 0.2) is 6.20 Å². The van der Waals surface area contributed by atoms with Gasteiger partial charge in [0.2, 0.25) is 0 Å². The molecule has 92 valence electrons. The number of aromatic carboxylic acids is 1. The first-order chi connectivity index (χ1) is 8.09. The normalized spacial score (nSPS) is 15.6. The molecule has 1 fully saturated rings. The van der Waals surface area contributed by atoms with Crippen molar-refractivity contribution < 1.29 is 9.90 Å². The van der Waals surface area contributed by atoms with Crippen LogP contribution < -0.4 is 4.90 Å². The fourth-order valence-corrected chi connectivity index (χ4v) is 1.99. The molecule has 5 nitrogen and oxygen atoms in total. The summed E-state index contributed by atoms with van der Waals surface area (Å²) in [5.74, 6) is 0.534. The fraction of sp³-hybridized carbons (Fsp3) is 0.583. The zero-order chi connectivity index (χ0) is 12.4. The van der Waals surface area contributed by atoms with Crippen LogP contribution >= 0.6 is 0 Å². The first-order valence-corrected chi connectivity index (χ1v) is 5.94. The van der Waals surface area contributed by atoms with Crippen LogP contribution in [0, 0.1) is 0 Å². The molecule has 0 aliphatic carbocycles. The average Bonchev–Trinajstić information content (AvgIpc) is 2.81. The molecule has 1 aromatic heterocycles. The lowest BCUT2D eigenvalue weighted by molar-refractivity contribution is 0.0696. The highest BCUT2D eigenvalue weighted by molar-refractivity contribution is 5.93. The Kier molecular flexibility index (Phi) is 3.26. The summed E-state index contributed by atoms with van der Waals surface area (Å²) in [5.41, 5.74) is 0.205. The molecule has 1 saturated heterocycles. The number of carboxylic acid groups (broad SMARTS) is 1. The number of carboxylic acids is 1.